The van der Waals surface area contributed by atoms with E-state index in [1.807, 2.05) is 13.1 Å². The smallest absolute Gasteiger partial charge is 0.123 e. The number of rotatable bonds is 5. The third-order valence-electron chi connectivity index (χ3n) is 3.69. The Balaban J connectivity index is 2.15. The van der Waals surface area contributed by atoms with E-state index in [2.05, 4.69) is 24.1 Å². The van der Waals surface area contributed by atoms with Gasteiger partial charge < -0.3 is 10.2 Å². The summed E-state index contributed by atoms with van der Waals surface area (Å²) in [5, 5.41) is 3.19. The van der Waals surface area contributed by atoms with Crippen molar-refractivity contribution < 1.29 is 4.39 Å². The molecule has 0 saturated heterocycles. The van der Waals surface area contributed by atoms with Crippen molar-refractivity contribution in [1.29, 1.82) is 0 Å². The molecule has 18 heavy (non-hydrogen) atoms. The summed E-state index contributed by atoms with van der Waals surface area (Å²) in [4.78, 5) is 2.45. The van der Waals surface area contributed by atoms with E-state index in [0.717, 1.165) is 24.9 Å². The average molecular weight is 250 g/mol. The minimum atomic E-state index is -0.117. The topological polar surface area (TPSA) is 15.3 Å². The molecule has 1 atom stereocenters. The summed E-state index contributed by atoms with van der Waals surface area (Å²) in [6.07, 6.45) is 3.31. The fourth-order valence-corrected chi connectivity index (χ4v) is 2.97. The first-order chi connectivity index (χ1) is 8.63. The Morgan fingerprint density at radius 3 is 2.89 bits per heavy atom. The molecule has 1 unspecified atom stereocenters. The molecule has 0 radical (unpaired) electrons. The van der Waals surface area contributed by atoms with Crippen molar-refractivity contribution in [2.75, 3.05) is 18.5 Å². The van der Waals surface area contributed by atoms with Crippen LogP contribution in [0, 0.1) is 5.82 Å². The van der Waals surface area contributed by atoms with Gasteiger partial charge in [-0.25, -0.2) is 4.39 Å². The van der Waals surface area contributed by atoms with E-state index in [4.69, 9.17) is 0 Å². The van der Waals surface area contributed by atoms with Crippen LogP contribution < -0.4 is 10.2 Å². The Hall–Kier alpha value is -1.09. The molecular weight excluding hydrogens is 227 g/mol. The molecular formula is C15H23FN2. The molecule has 1 heterocycles. The van der Waals surface area contributed by atoms with Crippen LogP contribution in [-0.4, -0.2) is 25.7 Å². The molecule has 1 aromatic carbocycles. The lowest BCUT2D eigenvalue weighted by atomic mass is 10.1. The van der Waals surface area contributed by atoms with E-state index in [1.54, 1.807) is 12.1 Å². The van der Waals surface area contributed by atoms with Gasteiger partial charge in [0, 0.05) is 17.8 Å². The summed E-state index contributed by atoms with van der Waals surface area (Å²) in [5.41, 5.74) is 2.39. The number of halogens is 1. The minimum Gasteiger partial charge on any atom is -0.366 e. The summed E-state index contributed by atoms with van der Waals surface area (Å²) < 4.78 is 13.3. The third kappa shape index (κ3) is 2.66. The second-order valence-corrected chi connectivity index (χ2v) is 5.38. The van der Waals surface area contributed by atoms with Crippen LogP contribution in [0.4, 0.5) is 10.1 Å². The Bertz CT molecular complexity index is 403. The molecule has 1 aromatic rings. The van der Waals surface area contributed by atoms with Crippen LogP contribution in [0.15, 0.2) is 18.2 Å². The van der Waals surface area contributed by atoms with E-state index < -0.39 is 0 Å². The predicted molar refractivity (Wildman–Crippen MR) is 74.7 cm³/mol. The van der Waals surface area contributed by atoms with Gasteiger partial charge in [0.15, 0.2) is 0 Å². The summed E-state index contributed by atoms with van der Waals surface area (Å²) in [5.74, 6) is -0.117. The average Bonchev–Trinajstić information content (AvgIpc) is 2.66. The normalized spacial score (nSPS) is 18.5. The number of anilines is 1. The Morgan fingerprint density at radius 2 is 2.22 bits per heavy atom. The predicted octanol–water partition coefficient (Wildman–Crippen LogP) is 2.96. The first-order valence-corrected chi connectivity index (χ1v) is 6.85. The summed E-state index contributed by atoms with van der Waals surface area (Å²) >= 11 is 0. The highest BCUT2D eigenvalue weighted by atomic mass is 19.1. The second kappa shape index (κ2) is 5.70. The van der Waals surface area contributed by atoms with E-state index in [1.165, 1.54) is 12.1 Å². The third-order valence-corrected chi connectivity index (χ3v) is 3.69. The summed E-state index contributed by atoms with van der Waals surface area (Å²) in [7, 11) is 1.99. The number of hydrogen-bond donors (Lipinski definition) is 1. The van der Waals surface area contributed by atoms with Crippen LogP contribution in [0.25, 0.3) is 0 Å². The maximum Gasteiger partial charge on any atom is 0.123 e. The maximum atomic E-state index is 13.3. The van der Waals surface area contributed by atoms with E-state index in [-0.39, 0.29) is 5.82 Å². The van der Waals surface area contributed by atoms with Crippen molar-refractivity contribution in [3.05, 3.63) is 29.6 Å². The van der Waals surface area contributed by atoms with Gasteiger partial charge in [0.1, 0.15) is 5.82 Å². The van der Waals surface area contributed by atoms with E-state index >= 15 is 0 Å². The van der Waals surface area contributed by atoms with Crippen molar-refractivity contribution in [3.63, 3.8) is 0 Å². The van der Waals surface area contributed by atoms with E-state index in [9.17, 15) is 4.39 Å². The standard InChI is InChI=1S/C15H23FN2/c1-11(2)18-14(5-4-8-17-3)10-12-9-13(16)6-7-15(12)18/h6-7,9,11,14,17H,4-5,8,10H2,1-3H3. The van der Waals surface area contributed by atoms with Crippen LogP contribution in [0.5, 0.6) is 0 Å². The second-order valence-electron chi connectivity index (χ2n) is 5.38. The van der Waals surface area contributed by atoms with Gasteiger partial charge in [-0.05, 0) is 70.5 Å². The van der Waals surface area contributed by atoms with Gasteiger partial charge in [-0.1, -0.05) is 0 Å². The van der Waals surface area contributed by atoms with Gasteiger partial charge in [-0.2, -0.15) is 0 Å². The molecule has 1 aliphatic heterocycles. The molecule has 0 aromatic heterocycles. The largest absolute Gasteiger partial charge is 0.366 e. The first-order valence-electron chi connectivity index (χ1n) is 6.85. The lowest BCUT2D eigenvalue weighted by molar-refractivity contribution is 0.513. The number of fused-ring (bicyclic) bond motifs is 1. The quantitative estimate of drug-likeness (QED) is 0.808. The molecule has 0 saturated carbocycles. The highest BCUT2D eigenvalue weighted by molar-refractivity contribution is 5.60. The van der Waals surface area contributed by atoms with Crippen LogP contribution in [0.3, 0.4) is 0 Å². The van der Waals surface area contributed by atoms with Gasteiger partial charge >= 0.3 is 0 Å². The molecule has 1 N–H and O–H groups in total. The van der Waals surface area contributed by atoms with Crippen molar-refractivity contribution in [3.8, 4) is 0 Å². The number of nitrogens with zero attached hydrogens (tertiary/aromatic N) is 1. The van der Waals surface area contributed by atoms with Gasteiger partial charge in [0.05, 0.1) is 0 Å². The Kier molecular flexibility index (Phi) is 4.23. The molecule has 2 nitrogen and oxygen atoms in total. The SMILES string of the molecule is CNCCCC1Cc2cc(F)ccc2N1C(C)C. The first kappa shape index (κ1) is 13.3. The molecule has 0 amide bonds. The number of benzene rings is 1. The van der Waals surface area contributed by atoms with E-state index in [0.29, 0.717) is 12.1 Å². The molecule has 3 heteroatoms. The van der Waals surface area contributed by atoms with Crippen LogP contribution >= 0.6 is 0 Å². The zero-order valence-corrected chi connectivity index (χ0v) is 11.5. The van der Waals surface area contributed by atoms with Gasteiger partial charge in [0.25, 0.3) is 0 Å². The highest BCUT2D eigenvalue weighted by Gasteiger charge is 2.30. The minimum absolute atomic E-state index is 0.117. The number of nitrogens with one attached hydrogen (secondary N) is 1. The summed E-state index contributed by atoms with van der Waals surface area (Å²) in [6, 6.07) is 6.20. The molecule has 0 aliphatic carbocycles. The molecule has 2 rings (SSSR count). The Labute approximate surface area is 109 Å². The highest BCUT2D eigenvalue weighted by Crippen LogP contribution is 2.35. The molecule has 0 fully saturated rings. The molecule has 1 aliphatic rings. The van der Waals surface area contributed by atoms with Crippen LogP contribution in [0.1, 0.15) is 32.3 Å². The monoisotopic (exact) mass is 250 g/mol. The van der Waals surface area contributed by atoms with Gasteiger partial charge in [-0.3, -0.25) is 0 Å². The molecule has 100 valence electrons. The van der Waals surface area contributed by atoms with Crippen molar-refractivity contribution in [2.45, 2.75) is 45.2 Å². The fraction of sp³-hybridized carbons (Fsp3) is 0.600. The van der Waals surface area contributed by atoms with Crippen molar-refractivity contribution in [1.82, 2.24) is 5.32 Å². The maximum absolute atomic E-state index is 13.3. The lowest BCUT2D eigenvalue weighted by Crippen LogP contribution is -2.38. The zero-order valence-electron chi connectivity index (χ0n) is 11.5. The van der Waals surface area contributed by atoms with Crippen molar-refractivity contribution >= 4 is 5.69 Å². The number of hydrogen-bond acceptors (Lipinski definition) is 2. The van der Waals surface area contributed by atoms with Crippen molar-refractivity contribution in [2.24, 2.45) is 0 Å². The molecule has 0 bridgehead atoms. The summed E-state index contributed by atoms with van der Waals surface area (Å²) in [6.45, 7) is 5.47. The van der Waals surface area contributed by atoms with Gasteiger partial charge in [-0.15, -0.1) is 0 Å². The van der Waals surface area contributed by atoms with Gasteiger partial charge in [0.2, 0.25) is 0 Å². The van der Waals surface area contributed by atoms with Crippen LogP contribution in [0.2, 0.25) is 0 Å². The van der Waals surface area contributed by atoms with Crippen LogP contribution in [-0.2, 0) is 6.42 Å². The molecule has 0 spiro atoms. The Morgan fingerprint density at radius 1 is 1.44 bits per heavy atom. The zero-order chi connectivity index (χ0) is 13.1. The lowest BCUT2D eigenvalue weighted by Gasteiger charge is -2.31. The fourth-order valence-electron chi connectivity index (χ4n) is 2.97.